The Morgan fingerprint density at radius 3 is 2.71 bits per heavy atom. The molecule has 2 aliphatic rings. The van der Waals surface area contributed by atoms with Crippen molar-refractivity contribution < 1.29 is 9.59 Å². The summed E-state index contributed by atoms with van der Waals surface area (Å²) in [7, 11) is 0. The summed E-state index contributed by atoms with van der Waals surface area (Å²) in [4.78, 5) is 31.6. The number of hydrogen-bond donors (Lipinski definition) is 1. The van der Waals surface area contributed by atoms with Gasteiger partial charge in [0.15, 0.2) is 0 Å². The van der Waals surface area contributed by atoms with E-state index in [0.29, 0.717) is 11.4 Å². The molecule has 2 atom stereocenters. The van der Waals surface area contributed by atoms with Crippen molar-refractivity contribution in [3.05, 3.63) is 59.8 Å². The van der Waals surface area contributed by atoms with Crippen LogP contribution in [0.5, 0.6) is 0 Å². The van der Waals surface area contributed by atoms with Crippen LogP contribution in [0.15, 0.2) is 48.7 Å². The maximum atomic E-state index is 12.9. The van der Waals surface area contributed by atoms with Crippen LogP contribution in [0.25, 0.3) is 0 Å². The van der Waals surface area contributed by atoms with Gasteiger partial charge in [-0.05, 0) is 37.6 Å². The van der Waals surface area contributed by atoms with Gasteiger partial charge in [0.25, 0.3) is 5.91 Å². The summed E-state index contributed by atoms with van der Waals surface area (Å²) in [6, 6.07) is 12.4. The van der Waals surface area contributed by atoms with Gasteiger partial charge in [0, 0.05) is 16.5 Å². The highest BCUT2D eigenvalue weighted by Gasteiger charge is 2.57. The number of anilines is 1. The molecule has 0 aliphatic carbocycles. The fourth-order valence-electron chi connectivity index (χ4n) is 3.44. The lowest BCUT2D eigenvalue weighted by molar-refractivity contribution is -0.121. The Balaban J connectivity index is 1.68. The van der Waals surface area contributed by atoms with Gasteiger partial charge in [-0.3, -0.25) is 9.59 Å². The largest absolute Gasteiger partial charge is 0.309 e. The average Bonchev–Trinajstić information content (AvgIpc) is 2.99. The number of benzene rings is 1. The summed E-state index contributed by atoms with van der Waals surface area (Å²) >= 11 is 1.66. The Bertz CT molecular complexity index is 822. The minimum absolute atomic E-state index is 0.0742. The summed E-state index contributed by atoms with van der Waals surface area (Å²) in [5.41, 5.74) is 1.69. The maximum absolute atomic E-state index is 12.9. The van der Waals surface area contributed by atoms with Gasteiger partial charge in [0.2, 0.25) is 5.91 Å². The number of nitrogens with zero attached hydrogens (tertiary/aromatic N) is 2. The molecule has 24 heavy (non-hydrogen) atoms. The summed E-state index contributed by atoms with van der Waals surface area (Å²) in [6.07, 6.45) is 1.63. The zero-order chi connectivity index (χ0) is 16.9. The molecule has 1 fully saturated rings. The van der Waals surface area contributed by atoms with E-state index in [2.05, 4.69) is 10.3 Å². The van der Waals surface area contributed by atoms with Crippen LogP contribution >= 0.6 is 11.8 Å². The molecule has 0 spiro atoms. The first kappa shape index (κ1) is 15.2. The van der Waals surface area contributed by atoms with E-state index < -0.39 is 6.04 Å². The van der Waals surface area contributed by atoms with Crippen LogP contribution in [0.2, 0.25) is 0 Å². The van der Waals surface area contributed by atoms with Crippen LogP contribution in [0.1, 0.15) is 35.1 Å². The quantitative estimate of drug-likeness (QED) is 0.913. The van der Waals surface area contributed by atoms with Crippen LogP contribution in [0.3, 0.4) is 0 Å². The maximum Gasteiger partial charge on any atom is 0.256 e. The van der Waals surface area contributed by atoms with E-state index in [9.17, 15) is 9.59 Å². The Morgan fingerprint density at radius 1 is 1.21 bits per heavy atom. The molecule has 2 unspecified atom stereocenters. The fraction of sp³-hybridized carbons (Fsp3) is 0.278. The van der Waals surface area contributed by atoms with Gasteiger partial charge in [-0.25, -0.2) is 4.98 Å². The molecular weight excluding hydrogens is 322 g/mol. The Hall–Kier alpha value is -2.34. The number of rotatable bonds is 2. The first-order chi connectivity index (χ1) is 11.5. The lowest BCUT2D eigenvalue weighted by atomic mass is 10.0. The highest BCUT2D eigenvalue weighted by molar-refractivity contribution is 8.01. The van der Waals surface area contributed by atoms with Gasteiger partial charge >= 0.3 is 0 Å². The van der Waals surface area contributed by atoms with Gasteiger partial charge < -0.3 is 10.2 Å². The third kappa shape index (κ3) is 2.21. The van der Waals surface area contributed by atoms with Crippen molar-refractivity contribution in [3.63, 3.8) is 0 Å². The number of carbonyl (C=O) groups is 2. The molecule has 6 heteroatoms. The molecule has 1 saturated heterocycles. The fourth-order valence-corrected chi connectivity index (χ4v) is 5.02. The van der Waals surface area contributed by atoms with Crippen molar-refractivity contribution in [2.45, 2.75) is 30.0 Å². The standard InChI is InChI=1S/C18H17N3O2S/c1-18(2)14(15(22)20-13-9-5-6-10-19-13)21-16(23)11-7-3-4-8-12(11)17(21)24-18/h3-10,14,17H,1-2H3,(H,19,20,22). The zero-order valence-electron chi connectivity index (χ0n) is 13.4. The second-order valence-electron chi connectivity index (χ2n) is 6.48. The molecular formula is C18H17N3O2S. The van der Waals surface area contributed by atoms with Gasteiger partial charge in [-0.2, -0.15) is 0 Å². The van der Waals surface area contributed by atoms with Gasteiger partial charge in [-0.15, -0.1) is 11.8 Å². The van der Waals surface area contributed by atoms with E-state index in [-0.39, 0.29) is 21.9 Å². The molecule has 1 aromatic carbocycles. The molecule has 1 N–H and O–H groups in total. The SMILES string of the molecule is CC1(C)SC2c3ccccc3C(=O)N2C1C(=O)Nc1ccccn1. The summed E-state index contributed by atoms with van der Waals surface area (Å²) in [5, 5.41) is 2.73. The molecule has 3 heterocycles. The highest BCUT2D eigenvalue weighted by atomic mass is 32.2. The molecule has 1 aromatic heterocycles. The lowest BCUT2D eigenvalue weighted by Gasteiger charge is -2.29. The molecule has 5 nitrogen and oxygen atoms in total. The van der Waals surface area contributed by atoms with Crippen LogP contribution < -0.4 is 5.32 Å². The number of pyridine rings is 1. The molecule has 0 saturated carbocycles. The van der Waals surface area contributed by atoms with E-state index in [1.165, 1.54) is 0 Å². The van der Waals surface area contributed by atoms with E-state index in [1.807, 2.05) is 44.2 Å². The number of hydrogen-bond acceptors (Lipinski definition) is 4. The van der Waals surface area contributed by atoms with Gasteiger partial charge in [-0.1, -0.05) is 24.3 Å². The van der Waals surface area contributed by atoms with Crippen molar-refractivity contribution in [2.24, 2.45) is 0 Å². The first-order valence-electron chi connectivity index (χ1n) is 7.80. The molecule has 0 radical (unpaired) electrons. The molecule has 2 aliphatic heterocycles. The first-order valence-corrected chi connectivity index (χ1v) is 8.68. The van der Waals surface area contributed by atoms with Crippen molar-refractivity contribution in [2.75, 3.05) is 5.32 Å². The third-order valence-electron chi connectivity index (χ3n) is 4.46. The van der Waals surface area contributed by atoms with E-state index in [4.69, 9.17) is 0 Å². The predicted molar refractivity (Wildman–Crippen MR) is 93.7 cm³/mol. The molecule has 0 bridgehead atoms. The lowest BCUT2D eigenvalue weighted by Crippen LogP contribution is -2.50. The second-order valence-corrected chi connectivity index (χ2v) is 8.21. The van der Waals surface area contributed by atoms with Crippen molar-refractivity contribution in [3.8, 4) is 0 Å². The number of carbonyl (C=O) groups excluding carboxylic acids is 2. The molecule has 2 aromatic rings. The summed E-state index contributed by atoms with van der Waals surface area (Å²) in [5.74, 6) is 0.223. The van der Waals surface area contributed by atoms with Crippen LogP contribution in [-0.2, 0) is 4.79 Å². The number of thioether (sulfide) groups is 1. The minimum Gasteiger partial charge on any atom is -0.309 e. The number of fused-ring (bicyclic) bond motifs is 3. The van der Waals surface area contributed by atoms with Crippen LogP contribution in [0, 0.1) is 0 Å². The number of nitrogens with one attached hydrogen (secondary N) is 1. The highest BCUT2D eigenvalue weighted by Crippen LogP contribution is 2.56. The van der Waals surface area contributed by atoms with Crippen molar-refractivity contribution in [1.29, 1.82) is 0 Å². The van der Waals surface area contributed by atoms with Crippen molar-refractivity contribution >= 4 is 29.4 Å². The average molecular weight is 339 g/mol. The number of amides is 2. The van der Waals surface area contributed by atoms with Crippen molar-refractivity contribution in [1.82, 2.24) is 9.88 Å². The number of aromatic nitrogens is 1. The molecule has 2 amide bonds. The predicted octanol–water partition coefficient (Wildman–Crippen LogP) is 3.07. The van der Waals surface area contributed by atoms with Gasteiger partial charge in [0.05, 0.1) is 0 Å². The smallest absolute Gasteiger partial charge is 0.256 e. The summed E-state index contributed by atoms with van der Waals surface area (Å²) < 4.78 is -0.382. The monoisotopic (exact) mass is 339 g/mol. The molecule has 122 valence electrons. The normalized spacial score (nSPS) is 23.8. The van der Waals surface area contributed by atoms with Crippen LogP contribution in [0.4, 0.5) is 5.82 Å². The Kier molecular flexibility index (Phi) is 3.38. The Labute approximate surface area is 144 Å². The second kappa shape index (κ2) is 5.34. The van der Waals surface area contributed by atoms with E-state index in [0.717, 1.165) is 5.56 Å². The third-order valence-corrected chi connectivity index (χ3v) is 6.00. The Morgan fingerprint density at radius 2 is 1.96 bits per heavy atom. The van der Waals surface area contributed by atoms with E-state index >= 15 is 0 Å². The topological polar surface area (TPSA) is 62.3 Å². The zero-order valence-corrected chi connectivity index (χ0v) is 14.2. The van der Waals surface area contributed by atoms with Gasteiger partial charge in [0.1, 0.15) is 17.2 Å². The minimum atomic E-state index is -0.547. The molecule has 4 rings (SSSR count). The van der Waals surface area contributed by atoms with Crippen LogP contribution in [-0.4, -0.2) is 32.5 Å². The summed E-state index contributed by atoms with van der Waals surface area (Å²) in [6.45, 7) is 4.02. The van der Waals surface area contributed by atoms with E-state index in [1.54, 1.807) is 35.0 Å².